The standard InChI is InChI=1S/C27H26ClN3O/c28-26-12-10-25(11-13-26)27(31-15-14-29-21-31,23-4-2-1-3-5-23)24-8-6-22(7-9-24)20-30-16-18-32-19-17-30/h1-15,21H,16-20H2. The minimum Gasteiger partial charge on any atom is -0.379 e. The largest absolute Gasteiger partial charge is 0.379 e. The zero-order chi connectivity index (χ0) is 21.8. The van der Waals surface area contributed by atoms with Gasteiger partial charge in [0.05, 0.1) is 19.5 Å². The van der Waals surface area contributed by atoms with Crippen molar-refractivity contribution in [1.29, 1.82) is 0 Å². The molecular formula is C27H26ClN3O. The zero-order valence-corrected chi connectivity index (χ0v) is 18.7. The van der Waals surface area contributed by atoms with E-state index in [-0.39, 0.29) is 0 Å². The smallest absolute Gasteiger partial charge is 0.121 e. The molecule has 0 radical (unpaired) electrons. The summed E-state index contributed by atoms with van der Waals surface area (Å²) in [6.45, 7) is 4.53. The number of aromatic nitrogens is 2. The minimum absolute atomic E-state index is 0.556. The third kappa shape index (κ3) is 3.97. The summed E-state index contributed by atoms with van der Waals surface area (Å²) in [4.78, 5) is 6.84. The van der Waals surface area contributed by atoms with Gasteiger partial charge in [0.15, 0.2) is 0 Å². The summed E-state index contributed by atoms with van der Waals surface area (Å²) >= 11 is 6.26. The first-order valence-corrected chi connectivity index (χ1v) is 11.3. The first-order chi connectivity index (χ1) is 15.8. The zero-order valence-electron chi connectivity index (χ0n) is 17.9. The molecule has 0 N–H and O–H groups in total. The molecule has 162 valence electrons. The van der Waals surface area contributed by atoms with E-state index in [0.717, 1.165) is 43.4 Å². The van der Waals surface area contributed by atoms with Crippen LogP contribution >= 0.6 is 11.6 Å². The van der Waals surface area contributed by atoms with Crippen LogP contribution in [0.25, 0.3) is 0 Å². The van der Waals surface area contributed by atoms with E-state index in [1.807, 2.05) is 30.9 Å². The predicted octanol–water partition coefficient (Wildman–Crippen LogP) is 5.21. The van der Waals surface area contributed by atoms with E-state index >= 15 is 0 Å². The molecule has 1 aliphatic heterocycles. The van der Waals surface area contributed by atoms with Crippen LogP contribution in [-0.4, -0.2) is 40.8 Å². The molecular weight excluding hydrogens is 418 g/mol. The van der Waals surface area contributed by atoms with Gasteiger partial charge in [-0.2, -0.15) is 0 Å². The highest BCUT2D eigenvalue weighted by Crippen LogP contribution is 2.41. The molecule has 1 aromatic heterocycles. The van der Waals surface area contributed by atoms with E-state index in [4.69, 9.17) is 16.3 Å². The molecule has 5 heteroatoms. The molecule has 0 spiro atoms. The van der Waals surface area contributed by atoms with E-state index in [2.05, 4.69) is 81.2 Å². The van der Waals surface area contributed by atoms with Gasteiger partial charge >= 0.3 is 0 Å². The van der Waals surface area contributed by atoms with Crippen LogP contribution in [0.3, 0.4) is 0 Å². The summed E-state index contributed by atoms with van der Waals surface area (Å²) in [5.74, 6) is 0. The molecule has 4 nitrogen and oxygen atoms in total. The second-order valence-electron chi connectivity index (χ2n) is 8.14. The maximum absolute atomic E-state index is 6.26. The van der Waals surface area contributed by atoms with Crippen molar-refractivity contribution in [2.45, 2.75) is 12.1 Å². The summed E-state index contributed by atoms with van der Waals surface area (Å²) in [5, 5.41) is 0.724. The number of hydrogen-bond donors (Lipinski definition) is 0. The summed E-state index contributed by atoms with van der Waals surface area (Å²) < 4.78 is 7.67. The highest BCUT2D eigenvalue weighted by atomic mass is 35.5. The van der Waals surface area contributed by atoms with Gasteiger partial charge in [0.1, 0.15) is 5.54 Å². The number of hydrogen-bond acceptors (Lipinski definition) is 3. The van der Waals surface area contributed by atoms with Gasteiger partial charge in [-0.1, -0.05) is 78.3 Å². The Labute approximate surface area is 194 Å². The molecule has 5 rings (SSSR count). The van der Waals surface area contributed by atoms with Crippen LogP contribution in [0, 0.1) is 0 Å². The first kappa shape index (κ1) is 21.0. The normalized spacial score (nSPS) is 16.5. The number of halogens is 1. The van der Waals surface area contributed by atoms with Gasteiger partial charge in [0.25, 0.3) is 0 Å². The van der Waals surface area contributed by atoms with E-state index in [1.165, 1.54) is 16.7 Å². The Morgan fingerprint density at radius 1 is 0.812 bits per heavy atom. The van der Waals surface area contributed by atoms with Gasteiger partial charge in [0.2, 0.25) is 0 Å². The molecule has 2 heterocycles. The van der Waals surface area contributed by atoms with E-state index in [1.54, 1.807) is 0 Å². The number of ether oxygens (including phenoxy) is 1. The summed E-state index contributed by atoms with van der Waals surface area (Å²) in [6, 6.07) is 27.7. The SMILES string of the molecule is Clc1ccc(C(c2ccccc2)(c2ccc(CN3CCOCC3)cc2)n2ccnc2)cc1. The Hall–Kier alpha value is -2.92. The van der Waals surface area contributed by atoms with Crippen molar-refractivity contribution >= 4 is 11.6 Å². The van der Waals surface area contributed by atoms with Gasteiger partial charge in [-0.3, -0.25) is 4.90 Å². The maximum atomic E-state index is 6.26. The Balaban J connectivity index is 1.63. The molecule has 4 aromatic rings. The van der Waals surface area contributed by atoms with E-state index in [0.29, 0.717) is 0 Å². The third-order valence-corrected chi connectivity index (χ3v) is 6.48. The molecule has 1 saturated heterocycles. The first-order valence-electron chi connectivity index (χ1n) is 11.0. The lowest BCUT2D eigenvalue weighted by Crippen LogP contribution is -2.37. The number of benzene rings is 3. The van der Waals surface area contributed by atoms with Gasteiger partial charge in [-0.05, 0) is 34.4 Å². The molecule has 0 aliphatic carbocycles. The van der Waals surface area contributed by atoms with Crippen LogP contribution < -0.4 is 0 Å². The maximum Gasteiger partial charge on any atom is 0.121 e. The van der Waals surface area contributed by atoms with Crippen molar-refractivity contribution in [3.63, 3.8) is 0 Å². The molecule has 0 saturated carbocycles. The fourth-order valence-corrected chi connectivity index (χ4v) is 4.77. The highest BCUT2D eigenvalue weighted by Gasteiger charge is 2.38. The van der Waals surface area contributed by atoms with Crippen molar-refractivity contribution in [2.24, 2.45) is 0 Å². The Morgan fingerprint density at radius 2 is 1.44 bits per heavy atom. The molecule has 1 fully saturated rings. The van der Waals surface area contributed by atoms with Crippen LogP contribution in [-0.2, 0) is 16.8 Å². The van der Waals surface area contributed by atoms with Crippen LogP contribution in [0.1, 0.15) is 22.3 Å². The van der Waals surface area contributed by atoms with Crippen molar-refractivity contribution in [1.82, 2.24) is 14.5 Å². The van der Waals surface area contributed by atoms with Gasteiger partial charge in [0, 0.05) is 37.1 Å². The lowest BCUT2D eigenvalue weighted by atomic mass is 9.76. The lowest BCUT2D eigenvalue weighted by molar-refractivity contribution is 0.0342. The molecule has 32 heavy (non-hydrogen) atoms. The van der Waals surface area contributed by atoms with Gasteiger partial charge in [-0.25, -0.2) is 4.98 Å². The molecule has 0 bridgehead atoms. The molecule has 0 amide bonds. The summed E-state index contributed by atoms with van der Waals surface area (Å²) in [6.07, 6.45) is 5.76. The lowest BCUT2D eigenvalue weighted by Gasteiger charge is -2.37. The van der Waals surface area contributed by atoms with Crippen molar-refractivity contribution < 1.29 is 4.74 Å². The van der Waals surface area contributed by atoms with Gasteiger partial charge < -0.3 is 9.30 Å². The molecule has 3 aromatic carbocycles. The Bertz CT molecular complexity index is 1120. The van der Waals surface area contributed by atoms with Crippen LogP contribution in [0.4, 0.5) is 0 Å². The number of imidazole rings is 1. The highest BCUT2D eigenvalue weighted by molar-refractivity contribution is 6.30. The number of nitrogens with zero attached hydrogens (tertiary/aromatic N) is 3. The van der Waals surface area contributed by atoms with E-state index < -0.39 is 5.54 Å². The second-order valence-corrected chi connectivity index (χ2v) is 8.58. The second kappa shape index (κ2) is 9.29. The van der Waals surface area contributed by atoms with Crippen LogP contribution in [0.15, 0.2) is 97.6 Å². The topological polar surface area (TPSA) is 30.3 Å². The molecule has 1 unspecified atom stereocenters. The van der Waals surface area contributed by atoms with Crippen LogP contribution in [0.5, 0.6) is 0 Å². The van der Waals surface area contributed by atoms with E-state index in [9.17, 15) is 0 Å². The number of morpholine rings is 1. The predicted molar refractivity (Wildman–Crippen MR) is 128 cm³/mol. The quantitative estimate of drug-likeness (QED) is 0.383. The third-order valence-electron chi connectivity index (χ3n) is 6.23. The monoisotopic (exact) mass is 443 g/mol. The fourth-order valence-electron chi connectivity index (χ4n) is 4.64. The van der Waals surface area contributed by atoms with Gasteiger partial charge in [-0.15, -0.1) is 0 Å². The van der Waals surface area contributed by atoms with Crippen molar-refractivity contribution in [3.05, 3.63) is 125 Å². The van der Waals surface area contributed by atoms with Crippen LogP contribution in [0.2, 0.25) is 5.02 Å². The van der Waals surface area contributed by atoms with Crippen molar-refractivity contribution in [3.8, 4) is 0 Å². The number of rotatable bonds is 6. The fraction of sp³-hybridized carbons (Fsp3) is 0.222. The Morgan fingerprint density at radius 3 is 2.06 bits per heavy atom. The minimum atomic E-state index is -0.556. The summed E-state index contributed by atoms with van der Waals surface area (Å²) in [7, 11) is 0. The molecule has 1 atom stereocenters. The van der Waals surface area contributed by atoms with Crippen molar-refractivity contribution in [2.75, 3.05) is 26.3 Å². The molecule has 1 aliphatic rings. The Kier molecular flexibility index (Phi) is 6.08. The summed E-state index contributed by atoms with van der Waals surface area (Å²) in [5.41, 5.74) is 4.22. The average Bonchev–Trinajstić information content (AvgIpc) is 3.38. The average molecular weight is 444 g/mol.